The molecular formula is C22H51NO5Si2. The van der Waals surface area contributed by atoms with Gasteiger partial charge in [0.05, 0.1) is 0 Å². The molecule has 0 unspecified atom stereocenters. The summed E-state index contributed by atoms with van der Waals surface area (Å²) in [6.45, 7) is 18.6. The van der Waals surface area contributed by atoms with Crippen molar-refractivity contribution in [3.05, 3.63) is 0 Å². The van der Waals surface area contributed by atoms with E-state index in [-0.39, 0.29) is 0 Å². The lowest BCUT2D eigenvalue weighted by Crippen LogP contribution is -2.47. The first-order valence-electron chi connectivity index (χ1n) is 12.4. The Morgan fingerprint density at radius 1 is 0.533 bits per heavy atom. The molecule has 0 saturated heterocycles. The molecule has 6 nitrogen and oxygen atoms in total. The van der Waals surface area contributed by atoms with Crippen molar-refractivity contribution in [3.8, 4) is 0 Å². The standard InChI is InChI=1S/C22H51NO5Si2/c1-7-16-24-29(6,25-17-8-2)21-12-14-23-15-13-22-30(26-18-9-3,27-19-10-4)28-20-11-5/h23H,7-22H2,1-6H3. The Balaban J connectivity index is 4.34. The number of rotatable bonds is 23. The topological polar surface area (TPSA) is 58.2 Å². The Morgan fingerprint density at radius 3 is 1.30 bits per heavy atom. The van der Waals surface area contributed by atoms with E-state index in [1.54, 1.807) is 0 Å². The monoisotopic (exact) mass is 465 g/mol. The van der Waals surface area contributed by atoms with Crippen molar-refractivity contribution in [2.24, 2.45) is 0 Å². The van der Waals surface area contributed by atoms with Crippen LogP contribution in [0.4, 0.5) is 0 Å². The number of hydrogen-bond acceptors (Lipinski definition) is 6. The van der Waals surface area contributed by atoms with Gasteiger partial charge in [-0.25, -0.2) is 0 Å². The molecule has 0 aromatic rings. The normalized spacial score (nSPS) is 12.6. The highest BCUT2D eigenvalue weighted by Crippen LogP contribution is 2.20. The molecule has 0 aliphatic heterocycles. The van der Waals surface area contributed by atoms with Crippen LogP contribution in [0.15, 0.2) is 0 Å². The molecule has 30 heavy (non-hydrogen) atoms. The molecule has 0 heterocycles. The molecule has 0 aliphatic carbocycles. The van der Waals surface area contributed by atoms with E-state index < -0.39 is 17.4 Å². The molecule has 8 heteroatoms. The first-order chi connectivity index (χ1) is 14.5. The Bertz CT molecular complexity index is 348. The third kappa shape index (κ3) is 15.1. The van der Waals surface area contributed by atoms with Gasteiger partial charge in [0, 0.05) is 39.1 Å². The lowest BCUT2D eigenvalue weighted by Gasteiger charge is -2.29. The van der Waals surface area contributed by atoms with E-state index in [4.69, 9.17) is 22.1 Å². The quantitative estimate of drug-likeness (QED) is 0.159. The van der Waals surface area contributed by atoms with Crippen LogP contribution in [0.3, 0.4) is 0 Å². The Hall–Kier alpha value is 0.194. The SMILES string of the molecule is CCCO[Si](C)(CCCNCCC[Si](OCCC)(OCCC)OCCC)OCCC. The molecule has 0 amide bonds. The van der Waals surface area contributed by atoms with E-state index in [2.05, 4.69) is 46.5 Å². The predicted octanol–water partition coefficient (Wildman–Crippen LogP) is 5.50. The molecule has 182 valence electrons. The Morgan fingerprint density at radius 2 is 0.900 bits per heavy atom. The van der Waals surface area contributed by atoms with Gasteiger partial charge in [-0.15, -0.1) is 0 Å². The van der Waals surface area contributed by atoms with Crippen LogP contribution in [0.5, 0.6) is 0 Å². The van der Waals surface area contributed by atoms with Crippen LogP contribution in [0, 0.1) is 0 Å². The predicted molar refractivity (Wildman–Crippen MR) is 130 cm³/mol. The maximum Gasteiger partial charge on any atom is 0.501 e. The zero-order valence-electron chi connectivity index (χ0n) is 20.9. The van der Waals surface area contributed by atoms with Crippen LogP contribution in [-0.2, 0) is 22.1 Å². The van der Waals surface area contributed by atoms with E-state index in [0.29, 0.717) is 19.8 Å². The summed E-state index contributed by atoms with van der Waals surface area (Å²) < 4.78 is 30.7. The van der Waals surface area contributed by atoms with Crippen LogP contribution >= 0.6 is 0 Å². The van der Waals surface area contributed by atoms with Crippen LogP contribution in [-0.4, -0.2) is 63.5 Å². The molecule has 0 spiro atoms. The molecule has 0 fully saturated rings. The van der Waals surface area contributed by atoms with E-state index in [1.165, 1.54) is 0 Å². The van der Waals surface area contributed by atoms with E-state index in [0.717, 1.165) is 83.3 Å². The fraction of sp³-hybridized carbons (Fsp3) is 1.00. The molecule has 0 aromatic heterocycles. The van der Waals surface area contributed by atoms with Crippen LogP contribution < -0.4 is 5.32 Å². The fourth-order valence-electron chi connectivity index (χ4n) is 3.03. The molecule has 1 N–H and O–H groups in total. The molecule has 0 saturated carbocycles. The van der Waals surface area contributed by atoms with Gasteiger partial charge in [-0.2, -0.15) is 0 Å². The molecule has 0 rings (SSSR count). The Labute approximate surface area is 189 Å². The fourth-order valence-corrected chi connectivity index (χ4v) is 8.33. The van der Waals surface area contributed by atoms with Crippen molar-refractivity contribution in [2.75, 3.05) is 46.1 Å². The summed E-state index contributed by atoms with van der Waals surface area (Å²) in [7, 11) is -4.59. The first kappa shape index (κ1) is 30.2. The molecule has 0 aliphatic rings. The third-order valence-electron chi connectivity index (χ3n) is 4.62. The van der Waals surface area contributed by atoms with Gasteiger partial charge in [0.15, 0.2) is 0 Å². The molecule has 0 radical (unpaired) electrons. The molecule has 0 bridgehead atoms. The van der Waals surface area contributed by atoms with Crippen LogP contribution in [0.1, 0.15) is 79.6 Å². The summed E-state index contributed by atoms with van der Waals surface area (Å²) in [6, 6.07) is 1.92. The largest absolute Gasteiger partial charge is 0.501 e. The second kappa shape index (κ2) is 19.8. The van der Waals surface area contributed by atoms with Gasteiger partial charge in [0.25, 0.3) is 0 Å². The molecular weight excluding hydrogens is 414 g/mol. The average Bonchev–Trinajstić information content (AvgIpc) is 2.76. The lowest BCUT2D eigenvalue weighted by molar-refractivity contribution is 0.0588. The van der Waals surface area contributed by atoms with E-state index >= 15 is 0 Å². The third-order valence-corrected chi connectivity index (χ3v) is 10.4. The van der Waals surface area contributed by atoms with Gasteiger partial charge in [0.1, 0.15) is 0 Å². The highest BCUT2D eigenvalue weighted by molar-refractivity contribution is 6.66. The summed E-state index contributed by atoms with van der Waals surface area (Å²) in [4.78, 5) is 0. The first-order valence-corrected chi connectivity index (χ1v) is 16.9. The zero-order chi connectivity index (χ0) is 22.6. The van der Waals surface area contributed by atoms with Gasteiger partial charge in [0.2, 0.25) is 0 Å². The number of nitrogens with one attached hydrogen (secondary N) is 1. The van der Waals surface area contributed by atoms with Crippen molar-refractivity contribution in [2.45, 2.75) is 98.2 Å². The minimum Gasteiger partial charge on any atom is -0.394 e. The van der Waals surface area contributed by atoms with Crippen molar-refractivity contribution >= 4 is 17.4 Å². The molecule has 0 aromatic carbocycles. The minimum absolute atomic E-state index is 0.714. The summed E-state index contributed by atoms with van der Waals surface area (Å²) in [5.41, 5.74) is 0. The van der Waals surface area contributed by atoms with Gasteiger partial charge in [-0.3, -0.25) is 0 Å². The van der Waals surface area contributed by atoms with Crippen molar-refractivity contribution < 1.29 is 22.1 Å². The zero-order valence-corrected chi connectivity index (χ0v) is 22.9. The highest BCUT2D eigenvalue weighted by Gasteiger charge is 2.40. The van der Waals surface area contributed by atoms with Gasteiger partial charge in [-0.1, -0.05) is 34.6 Å². The smallest absolute Gasteiger partial charge is 0.394 e. The summed E-state index contributed by atoms with van der Waals surface area (Å²) >= 11 is 0. The highest BCUT2D eigenvalue weighted by atomic mass is 28.4. The number of hydrogen-bond donors (Lipinski definition) is 1. The van der Waals surface area contributed by atoms with Gasteiger partial charge in [-0.05, 0) is 70.6 Å². The van der Waals surface area contributed by atoms with E-state index in [1.807, 2.05) is 0 Å². The van der Waals surface area contributed by atoms with Gasteiger partial charge < -0.3 is 27.4 Å². The second-order valence-electron chi connectivity index (χ2n) is 8.02. The van der Waals surface area contributed by atoms with Gasteiger partial charge >= 0.3 is 17.4 Å². The second-order valence-corrected chi connectivity index (χ2v) is 14.1. The lowest BCUT2D eigenvalue weighted by atomic mass is 10.4. The average molecular weight is 466 g/mol. The summed E-state index contributed by atoms with van der Waals surface area (Å²) in [6.07, 6.45) is 7.15. The Kier molecular flexibility index (Phi) is 20.0. The minimum atomic E-state index is -2.56. The van der Waals surface area contributed by atoms with Crippen LogP contribution in [0.2, 0.25) is 18.6 Å². The maximum absolute atomic E-state index is 6.17. The van der Waals surface area contributed by atoms with Crippen molar-refractivity contribution in [3.63, 3.8) is 0 Å². The summed E-state index contributed by atoms with van der Waals surface area (Å²) in [5, 5.41) is 3.58. The van der Waals surface area contributed by atoms with E-state index in [9.17, 15) is 0 Å². The maximum atomic E-state index is 6.17. The van der Waals surface area contributed by atoms with Crippen molar-refractivity contribution in [1.29, 1.82) is 0 Å². The van der Waals surface area contributed by atoms with Crippen LogP contribution in [0.25, 0.3) is 0 Å². The summed E-state index contributed by atoms with van der Waals surface area (Å²) in [5.74, 6) is 0. The van der Waals surface area contributed by atoms with Crippen molar-refractivity contribution in [1.82, 2.24) is 5.32 Å². The molecule has 0 atom stereocenters.